The number of hydrogen-bond acceptors (Lipinski definition) is 6. The Morgan fingerprint density at radius 1 is 1.03 bits per heavy atom. The lowest BCUT2D eigenvalue weighted by Gasteiger charge is -2.31. The SMILES string of the molecule is COC(=O)c1ccc(S(=O)(=O)NCC2CCN(C(=O)Oc3ccccc3)CC2)cc1. The number of nitrogens with zero attached hydrogens (tertiary/aromatic N) is 1. The molecule has 9 heteroatoms. The topological polar surface area (TPSA) is 102 Å². The van der Waals surface area contributed by atoms with Crippen molar-refractivity contribution in [2.75, 3.05) is 26.7 Å². The highest BCUT2D eigenvalue weighted by atomic mass is 32.2. The van der Waals surface area contributed by atoms with Crippen molar-refractivity contribution in [3.8, 4) is 5.75 Å². The standard InChI is InChI=1S/C21H24N2O6S/c1-28-20(24)17-7-9-19(10-8-17)30(26,27)22-15-16-11-13-23(14-12-16)21(25)29-18-5-3-2-4-6-18/h2-10,16,22H,11-15H2,1H3. The van der Waals surface area contributed by atoms with Crippen LogP contribution in [0.3, 0.4) is 0 Å². The molecule has 0 saturated carbocycles. The molecule has 1 aliphatic heterocycles. The number of amides is 1. The van der Waals surface area contributed by atoms with E-state index < -0.39 is 22.1 Å². The highest BCUT2D eigenvalue weighted by molar-refractivity contribution is 7.89. The lowest BCUT2D eigenvalue weighted by molar-refractivity contribution is 0.0600. The summed E-state index contributed by atoms with van der Waals surface area (Å²) < 4.78 is 37.5. The van der Waals surface area contributed by atoms with E-state index in [1.54, 1.807) is 29.2 Å². The largest absolute Gasteiger partial charge is 0.465 e. The summed E-state index contributed by atoms with van der Waals surface area (Å²) >= 11 is 0. The summed E-state index contributed by atoms with van der Waals surface area (Å²) in [6, 6.07) is 14.4. The number of piperidine rings is 1. The predicted molar refractivity (Wildman–Crippen MR) is 110 cm³/mol. The van der Waals surface area contributed by atoms with Crippen molar-refractivity contribution in [2.24, 2.45) is 5.92 Å². The first kappa shape index (κ1) is 21.8. The number of esters is 1. The van der Waals surface area contributed by atoms with Gasteiger partial charge in [-0.15, -0.1) is 0 Å². The number of likely N-dealkylation sites (tertiary alicyclic amines) is 1. The number of sulfonamides is 1. The second-order valence-electron chi connectivity index (χ2n) is 6.98. The molecule has 0 spiro atoms. The molecule has 0 radical (unpaired) electrons. The van der Waals surface area contributed by atoms with E-state index in [1.165, 1.54) is 31.4 Å². The van der Waals surface area contributed by atoms with Crippen LogP contribution in [0.25, 0.3) is 0 Å². The molecule has 1 saturated heterocycles. The third-order valence-electron chi connectivity index (χ3n) is 4.97. The molecule has 30 heavy (non-hydrogen) atoms. The molecule has 1 heterocycles. The number of nitrogens with one attached hydrogen (secondary N) is 1. The van der Waals surface area contributed by atoms with Gasteiger partial charge in [0.2, 0.25) is 10.0 Å². The molecule has 8 nitrogen and oxygen atoms in total. The molecule has 2 aromatic rings. The van der Waals surface area contributed by atoms with Crippen molar-refractivity contribution in [1.82, 2.24) is 9.62 Å². The highest BCUT2D eigenvalue weighted by Gasteiger charge is 2.25. The van der Waals surface area contributed by atoms with E-state index in [-0.39, 0.29) is 22.9 Å². The van der Waals surface area contributed by atoms with Gasteiger partial charge in [0.15, 0.2) is 0 Å². The van der Waals surface area contributed by atoms with Crippen molar-refractivity contribution >= 4 is 22.1 Å². The number of benzene rings is 2. The summed E-state index contributed by atoms with van der Waals surface area (Å²) in [7, 11) is -2.42. The molecule has 1 aliphatic rings. The van der Waals surface area contributed by atoms with E-state index in [9.17, 15) is 18.0 Å². The maximum atomic E-state index is 12.5. The second-order valence-corrected chi connectivity index (χ2v) is 8.75. The number of para-hydroxylation sites is 1. The number of hydrogen-bond donors (Lipinski definition) is 1. The van der Waals surface area contributed by atoms with E-state index in [2.05, 4.69) is 9.46 Å². The van der Waals surface area contributed by atoms with Crippen LogP contribution in [0.2, 0.25) is 0 Å². The first-order valence-corrected chi connectivity index (χ1v) is 11.1. The molecule has 0 unspecified atom stereocenters. The van der Waals surface area contributed by atoms with Crippen molar-refractivity contribution in [2.45, 2.75) is 17.7 Å². The Balaban J connectivity index is 1.47. The van der Waals surface area contributed by atoms with Crippen LogP contribution in [0, 0.1) is 5.92 Å². The minimum absolute atomic E-state index is 0.0824. The summed E-state index contributed by atoms with van der Waals surface area (Å²) in [5.41, 5.74) is 0.284. The van der Waals surface area contributed by atoms with Gasteiger partial charge < -0.3 is 14.4 Å². The van der Waals surface area contributed by atoms with Crippen molar-refractivity contribution in [1.29, 1.82) is 0 Å². The maximum Gasteiger partial charge on any atom is 0.415 e. The van der Waals surface area contributed by atoms with E-state index in [0.29, 0.717) is 31.7 Å². The fraction of sp³-hybridized carbons (Fsp3) is 0.333. The summed E-state index contributed by atoms with van der Waals surface area (Å²) in [5.74, 6) is 0.0925. The van der Waals surface area contributed by atoms with Gasteiger partial charge in [0, 0.05) is 19.6 Å². The van der Waals surface area contributed by atoms with Crippen LogP contribution in [-0.2, 0) is 14.8 Å². The third-order valence-corrected chi connectivity index (χ3v) is 6.41. The number of carbonyl (C=O) groups is 2. The van der Waals surface area contributed by atoms with Crippen LogP contribution < -0.4 is 9.46 Å². The van der Waals surface area contributed by atoms with E-state index in [1.807, 2.05) is 6.07 Å². The molecule has 1 amide bonds. The summed E-state index contributed by atoms with van der Waals surface area (Å²) in [6.07, 6.45) is 0.951. The van der Waals surface area contributed by atoms with Gasteiger partial charge >= 0.3 is 12.1 Å². The predicted octanol–water partition coefficient (Wildman–Crippen LogP) is 2.66. The van der Waals surface area contributed by atoms with Crippen LogP contribution in [0.1, 0.15) is 23.2 Å². The van der Waals surface area contributed by atoms with Crippen LogP contribution in [0.4, 0.5) is 4.79 Å². The molecule has 0 aliphatic carbocycles. The van der Waals surface area contributed by atoms with Crippen LogP contribution in [-0.4, -0.2) is 52.1 Å². The average Bonchev–Trinajstić information content (AvgIpc) is 2.78. The van der Waals surface area contributed by atoms with Gasteiger partial charge in [-0.2, -0.15) is 0 Å². The van der Waals surface area contributed by atoms with E-state index >= 15 is 0 Å². The number of rotatable bonds is 6. The van der Waals surface area contributed by atoms with Gasteiger partial charge in [-0.1, -0.05) is 18.2 Å². The second kappa shape index (κ2) is 9.73. The Morgan fingerprint density at radius 2 is 1.67 bits per heavy atom. The van der Waals surface area contributed by atoms with Gasteiger partial charge in [-0.25, -0.2) is 22.7 Å². The normalized spacial score (nSPS) is 14.9. The summed E-state index contributed by atoms with van der Waals surface area (Å²) in [4.78, 5) is 25.4. The minimum Gasteiger partial charge on any atom is -0.465 e. The third kappa shape index (κ3) is 5.58. The first-order chi connectivity index (χ1) is 14.4. The molecule has 0 aromatic heterocycles. The molecule has 0 atom stereocenters. The Kier molecular flexibility index (Phi) is 7.07. The quantitative estimate of drug-likeness (QED) is 0.704. The highest BCUT2D eigenvalue weighted by Crippen LogP contribution is 2.20. The molecule has 1 fully saturated rings. The van der Waals surface area contributed by atoms with Gasteiger partial charge in [-0.05, 0) is 55.2 Å². The molecule has 0 bridgehead atoms. The van der Waals surface area contributed by atoms with E-state index in [4.69, 9.17) is 4.74 Å². The Labute approximate surface area is 175 Å². The zero-order chi connectivity index (χ0) is 21.6. The minimum atomic E-state index is -3.69. The van der Waals surface area contributed by atoms with Gasteiger partial charge in [-0.3, -0.25) is 0 Å². The number of carbonyl (C=O) groups excluding carboxylic acids is 2. The molecule has 3 rings (SSSR count). The van der Waals surface area contributed by atoms with Crippen LogP contribution >= 0.6 is 0 Å². The van der Waals surface area contributed by atoms with Gasteiger partial charge in [0.05, 0.1) is 17.6 Å². The van der Waals surface area contributed by atoms with E-state index in [0.717, 1.165) is 0 Å². The van der Waals surface area contributed by atoms with Crippen molar-refractivity contribution in [3.05, 3.63) is 60.2 Å². The first-order valence-electron chi connectivity index (χ1n) is 9.59. The Hall–Kier alpha value is -2.91. The summed E-state index contributed by atoms with van der Waals surface area (Å²) in [6.45, 7) is 1.29. The zero-order valence-corrected chi connectivity index (χ0v) is 17.4. The number of methoxy groups -OCH3 is 1. The van der Waals surface area contributed by atoms with Gasteiger partial charge in [0.25, 0.3) is 0 Å². The molecule has 1 N–H and O–H groups in total. The molecular formula is C21H24N2O6S. The smallest absolute Gasteiger partial charge is 0.415 e. The summed E-state index contributed by atoms with van der Waals surface area (Å²) in [5, 5.41) is 0. The lowest BCUT2D eigenvalue weighted by Crippen LogP contribution is -2.42. The zero-order valence-electron chi connectivity index (χ0n) is 16.6. The van der Waals surface area contributed by atoms with Crippen LogP contribution in [0.5, 0.6) is 5.75 Å². The fourth-order valence-corrected chi connectivity index (χ4v) is 4.29. The van der Waals surface area contributed by atoms with Crippen molar-refractivity contribution in [3.63, 3.8) is 0 Å². The lowest BCUT2D eigenvalue weighted by atomic mass is 9.97. The molecule has 2 aromatic carbocycles. The molecule has 160 valence electrons. The Morgan fingerprint density at radius 3 is 2.27 bits per heavy atom. The monoisotopic (exact) mass is 432 g/mol. The van der Waals surface area contributed by atoms with Crippen LogP contribution in [0.15, 0.2) is 59.5 Å². The molecular weight excluding hydrogens is 408 g/mol. The fourth-order valence-electron chi connectivity index (χ4n) is 3.17. The Bertz CT molecular complexity index is 968. The number of ether oxygens (including phenoxy) is 2. The maximum absolute atomic E-state index is 12.5. The van der Waals surface area contributed by atoms with Crippen molar-refractivity contribution < 1.29 is 27.5 Å². The average molecular weight is 432 g/mol. The van der Waals surface area contributed by atoms with Gasteiger partial charge in [0.1, 0.15) is 5.75 Å².